The zero-order chi connectivity index (χ0) is 20.7. The van der Waals surface area contributed by atoms with Gasteiger partial charge >= 0.3 is 5.97 Å². The van der Waals surface area contributed by atoms with Crippen LogP contribution in [0.25, 0.3) is 33.4 Å². The summed E-state index contributed by atoms with van der Waals surface area (Å²) < 4.78 is 13.1. The molecule has 0 aliphatic carbocycles. The van der Waals surface area contributed by atoms with Crippen molar-refractivity contribution >= 4 is 39.4 Å². The first kappa shape index (κ1) is 18.3. The molecule has 5 rings (SSSR count). The first-order valence-electron chi connectivity index (χ1n) is 9.43. The first-order chi connectivity index (χ1) is 14.6. The van der Waals surface area contributed by atoms with Crippen LogP contribution in [0.3, 0.4) is 0 Å². The quantitative estimate of drug-likeness (QED) is 0.416. The van der Waals surface area contributed by atoms with Crippen LogP contribution in [0.15, 0.2) is 69.9 Å². The van der Waals surface area contributed by atoms with Crippen molar-refractivity contribution in [1.29, 1.82) is 0 Å². The van der Waals surface area contributed by atoms with Crippen LogP contribution in [0, 0.1) is 0 Å². The van der Waals surface area contributed by atoms with Gasteiger partial charge in [-0.15, -0.1) is 0 Å². The molecule has 0 amide bonds. The number of carbonyl (C=O) groups excluding carboxylic acids is 1. The lowest BCUT2D eigenvalue weighted by molar-refractivity contribution is 0.0526. The van der Waals surface area contributed by atoms with Crippen LogP contribution >= 0.6 is 11.3 Å². The minimum atomic E-state index is -0.351. The number of fused-ring (bicyclic) bond motifs is 3. The van der Waals surface area contributed by atoms with Gasteiger partial charge < -0.3 is 9.15 Å². The van der Waals surface area contributed by atoms with Crippen molar-refractivity contribution in [2.75, 3.05) is 6.61 Å². The van der Waals surface area contributed by atoms with Gasteiger partial charge in [-0.25, -0.2) is 14.2 Å². The van der Waals surface area contributed by atoms with Gasteiger partial charge in [-0.05, 0) is 43.3 Å². The zero-order valence-corrected chi connectivity index (χ0v) is 16.8. The van der Waals surface area contributed by atoms with Crippen molar-refractivity contribution in [3.8, 4) is 11.3 Å². The summed E-state index contributed by atoms with van der Waals surface area (Å²) in [4.78, 5) is 29.8. The molecule has 5 aromatic rings. The van der Waals surface area contributed by atoms with Gasteiger partial charge in [-0.1, -0.05) is 35.6 Å². The summed E-state index contributed by atoms with van der Waals surface area (Å²) in [5.41, 5.74) is 2.82. The molecule has 0 saturated carbocycles. The Morgan fingerprint density at radius 2 is 1.93 bits per heavy atom. The molecule has 3 aromatic heterocycles. The van der Waals surface area contributed by atoms with E-state index >= 15 is 0 Å². The van der Waals surface area contributed by atoms with Gasteiger partial charge in [-0.3, -0.25) is 4.79 Å². The maximum absolute atomic E-state index is 12.9. The molecular formula is C23H16N2O4S. The van der Waals surface area contributed by atoms with Crippen molar-refractivity contribution in [3.05, 3.63) is 86.9 Å². The second-order valence-corrected chi connectivity index (χ2v) is 7.64. The molecule has 6 nitrogen and oxygen atoms in total. The number of thiazole rings is 1. The van der Waals surface area contributed by atoms with E-state index in [4.69, 9.17) is 9.15 Å². The van der Waals surface area contributed by atoms with Crippen molar-refractivity contribution in [3.63, 3.8) is 0 Å². The molecule has 0 fully saturated rings. The molecule has 148 valence electrons. The first-order valence-corrected chi connectivity index (χ1v) is 10.2. The molecule has 0 aliphatic heterocycles. The predicted octanol–water partition coefficient (Wildman–Crippen LogP) is 3.89. The maximum atomic E-state index is 12.9. The van der Waals surface area contributed by atoms with Crippen LogP contribution < -0.4 is 10.1 Å². The van der Waals surface area contributed by atoms with E-state index in [2.05, 4.69) is 4.98 Å². The van der Waals surface area contributed by atoms with Crippen LogP contribution in [0.1, 0.15) is 23.0 Å². The van der Waals surface area contributed by atoms with Gasteiger partial charge in [0.25, 0.3) is 5.56 Å². The summed E-state index contributed by atoms with van der Waals surface area (Å²) in [5, 5.41) is 0. The number of carbonyl (C=O) groups is 1. The Kier molecular flexibility index (Phi) is 4.44. The van der Waals surface area contributed by atoms with E-state index in [1.807, 2.05) is 36.4 Å². The van der Waals surface area contributed by atoms with E-state index in [1.54, 1.807) is 41.7 Å². The molecule has 0 bridgehead atoms. The minimum Gasteiger partial charge on any atom is -0.462 e. The fraction of sp³-hybridized carbons (Fsp3) is 0.0870. The molecule has 0 atom stereocenters. The monoisotopic (exact) mass is 416 g/mol. The highest BCUT2D eigenvalue weighted by atomic mass is 32.1. The van der Waals surface area contributed by atoms with Crippen LogP contribution in [-0.2, 0) is 4.74 Å². The number of hydrogen-bond donors (Lipinski definition) is 0. The Balaban J connectivity index is 1.49. The highest BCUT2D eigenvalue weighted by Crippen LogP contribution is 2.23. The number of furan rings is 1. The summed E-state index contributed by atoms with van der Waals surface area (Å²) in [6.45, 7) is 2.11. The molecule has 0 N–H and O–H groups in total. The highest BCUT2D eigenvalue weighted by Gasteiger charge is 2.12. The molecule has 0 spiro atoms. The van der Waals surface area contributed by atoms with Gasteiger partial charge in [0.05, 0.1) is 23.2 Å². The molecule has 0 aliphatic rings. The topological polar surface area (TPSA) is 73.8 Å². The lowest BCUT2D eigenvalue weighted by atomic mass is 10.1. The lowest BCUT2D eigenvalue weighted by Crippen LogP contribution is -2.22. The van der Waals surface area contributed by atoms with Crippen LogP contribution in [0.2, 0.25) is 0 Å². The summed E-state index contributed by atoms with van der Waals surface area (Å²) in [7, 11) is 0. The highest BCUT2D eigenvalue weighted by molar-refractivity contribution is 7.15. The van der Waals surface area contributed by atoms with E-state index in [1.165, 1.54) is 11.3 Å². The second-order valence-electron chi connectivity index (χ2n) is 6.63. The average molecular weight is 416 g/mol. The molecule has 0 saturated heterocycles. The largest absolute Gasteiger partial charge is 0.462 e. The van der Waals surface area contributed by atoms with Gasteiger partial charge in [0.1, 0.15) is 16.1 Å². The van der Waals surface area contributed by atoms with Crippen LogP contribution in [-0.4, -0.2) is 22.0 Å². The number of para-hydroxylation sites is 2. The summed E-state index contributed by atoms with van der Waals surface area (Å²) >= 11 is 1.33. The Bertz CT molecular complexity index is 1490. The van der Waals surface area contributed by atoms with E-state index in [9.17, 15) is 9.59 Å². The van der Waals surface area contributed by atoms with E-state index < -0.39 is 0 Å². The number of nitrogens with zero attached hydrogens (tertiary/aromatic N) is 2. The van der Waals surface area contributed by atoms with Crippen LogP contribution in [0.5, 0.6) is 0 Å². The molecule has 0 radical (unpaired) electrons. The van der Waals surface area contributed by atoms with E-state index in [0.717, 1.165) is 16.6 Å². The third-order valence-corrected chi connectivity index (χ3v) is 5.69. The Morgan fingerprint density at radius 1 is 1.13 bits per heavy atom. The average Bonchev–Trinajstić information content (AvgIpc) is 3.44. The molecule has 2 aromatic carbocycles. The maximum Gasteiger partial charge on any atom is 0.338 e. The Labute approximate surface area is 174 Å². The number of esters is 1. The second kappa shape index (κ2) is 7.27. The smallest absolute Gasteiger partial charge is 0.338 e. The van der Waals surface area contributed by atoms with Crippen molar-refractivity contribution in [2.24, 2.45) is 0 Å². The molecule has 3 heterocycles. The van der Waals surface area contributed by atoms with Gasteiger partial charge in [0, 0.05) is 11.6 Å². The number of aromatic nitrogens is 2. The Hall–Kier alpha value is -3.71. The summed E-state index contributed by atoms with van der Waals surface area (Å²) in [6, 6.07) is 18.2. The van der Waals surface area contributed by atoms with Crippen molar-refractivity contribution < 1.29 is 13.9 Å². The lowest BCUT2D eigenvalue weighted by Gasteiger charge is -2.02. The number of hydrogen-bond acceptors (Lipinski definition) is 6. The van der Waals surface area contributed by atoms with Crippen molar-refractivity contribution in [1.82, 2.24) is 9.38 Å². The molecule has 30 heavy (non-hydrogen) atoms. The number of benzene rings is 2. The fourth-order valence-electron chi connectivity index (χ4n) is 3.31. The number of ether oxygens (including phenoxy) is 1. The normalized spacial score (nSPS) is 12.1. The standard InChI is InChI=1S/C23H16N2O4S/c1-2-28-22(27)15-9-7-14(8-10-15)19-12-11-16(29-19)13-20-21(26)25-18-6-4-3-5-17(18)24-23(25)30-20/h3-13H,2H2,1H3. The third-order valence-electron chi connectivity index (χ3n) is 4.73. The van der Waals surface area contributed by atoms with E-state index in [-0.39, 0.29) is 11.5 Å². The number of rotatable bonds is 4. The van der Waals surface area contributed by atoms with Gasteiger partial charge in [0.15, 0.2) is 4.96 Å². The SMILES string of the molecule is CCOC(=O)c1ccc(-c2ccc(C=c3sc4nc5ccccc5n4c3=O)o2)cc1. The van der Waals surface area contributed by atoms with Crippen LogP contribution in [0.4, 0.5) is 0 Å². The summed E-state index contributed by atoms with van der Waals surface area (Å²) in [5.74, 6) is 0.872. The Morgan fingerprint density at radius 3 is 2.73 bits per heavy atom. The number of imidazole rings is 1. The third kappa shape index (κ3) is 3.09. The minimum absolute atomic E-state index is 0.111. The predicted molar refractivity (Wildman–Crippen MR) is 116 cm³/mol. The summed E-state index contributed by atoms with van der Waals surface area (Å²) in [6.07, 6.45) is 1.73. The van der Waals surface area contributed by atoms with Gasteiger partial charge in [0.2, 0.25) is 0 Å². The van der Waals surface area contributed by atoms with Crippen molar-refractivity contribution in [2.45, 2.75) is 6.92 Å². The van der Waals surface area contributed by atoms with E-state index in [0.29, 0.717) is 33.2 Å². The molecular weight excluding hydrogens is 400 g/mol. The fourth-order valence-corrected chi connectivity index (χ4v) is 4.28. The molecule has 7 heteroatoms. The zero-order valence-electron chi connectivity index (χ0n) is 16.0. The van der Waals surface area contributed by atoms with Gasteiger partial charge in [-0.2, -0.15) is 0 Å². The molecule has 0 unspecified atom stereocenters.